The average molecular weight is 615 g/mol. The minimum Gasteiger partial charge on any atom is -0.454 e. The van der Waals surface area contributed by atoms with Crippen LogP contribution in [-0.4, -0.2) is 4.98 Å². The maximum atomic E-state index is 6.57. The molecule has 0 N–H and O–H groups in total. The Morgan fingerprint density at radius 3 is 1.73 bits per heavy atom. The van der Waals surface area contributed by atoms with Crippen molar-refractivity contribution in [2.75, 3.05) is 4.90 Å². The fourth-order valence-electron chi connectivity index (χ4n) is 6.78. The molecule has 0 saturated heterocycles. The topological polar surface area (TPSA) is 29.3 Å². The van der Waals surface area contributed by atoms with Crippen LogP contribution in [-0.2, 0) is 0 Å². The number of fused-ring (bicyclic) bond motifs is 5. The van der Waals surface area contributed by atoms with E-state index < -0.39 is 0 Å². The molecular formula is C45H30N2O. The summed E-state index contributed by atoms with van der Waals surface area (Å²) >= 11 is 0. The summed E-state index contributed by atoms with van der Waals surface area (Å²) in [5.74, 6) is 0. The second-order valence-electron chi connectivity index (χ2n) is 12.0. The van der Waals surface area contributed by atoms with Crippen LogP contribution in [0.25, 0.3) is 66.2 Å². The quantitative estimate of drug-likeness (QED) is 0.187. The Balaban J connectivity index is 1.22. The number of anilines is 3. The molecule has 0 saturated carbocycles. The van der Waals surface area contributed by atoms with Crippen molar-refractivity contribution in [2.24, 2.45) is 0 Å². The molecule has 0 aliphatic heterocycles. The smallest absolute Gasteiger partial charge is 0.161 e. The molecule has 9 aromatic rings. The summed E-state index contributed by atoms with van der Waals surface area (Å²) in [6.45, 7) is 0. The van der Waals surface area contributed by atoms with E-state index in [2.05, 4.69) is 169 Å². The summed E-state index contributed by atoms with van der Waals surface area (Å²) in [5, 5.41) is 3.11. The van der Waals surface area contributed by atoms with Crippen LogP contribution in [0.1, 0.15) is 0 Å². The summed E-state index contributed by atoms with van der Waals surface area (Å²) in [5.41, 5.74) is 12.7. The van der Waals surface area contributed by atoms with E-state index in [0.717, 1.165) is 66.6 Å². The molecular weight excluding hydrogens is 585 g/mol. The average Bonchev–Trinajstić information content (AvgIpc) is 3.56. The fourth-order valence-corrected chi connectivity index (χ4v) is 6.78. The van der Waals surface area contributed by atoms with Crippen LogP contribution < -0.4 is 4.90 Å². The third-order valence-electron chi connectivity index (χ3n) is 9.13. The highest BCUT2D eigenvalue weighted by atomic mass is 16.3. The summed E-state index contributed by atoms with van der Waals surface area (Å²) in [6, 6.07) is 61.9. The molecule has 0 fully saturated rings. The number of hydrogen-bond acceptors (Lipinski definition) is 3. The largest absolute Gasteiger partial charge is 0.454 e. The Labute approximate surface area is 279 Å². The normalized spacial score (nSPS) is 11.3. The fraction of sp³-hybridized carbons (Fsp3) is 0. The first-order valence-electron chi connectivity index (χ1n) is 16.2. The van der Waals surface area contributed by atoms with Crippen molar-refractivity contribution in [1.29, 1.82) is 0 Å². The van der Waals surface area contributed by atoms with Gasteiger partial charge in [0.05, 0.1) is 16.8 Å². The minimum atomic E-state index is 0.807. The first kappa shape index (κ1) is 27.8. The standard InChI is InChI=1S/C45H30N2O/c1-3-12-31(13-4-1)32-22-24-33(25-23-32)34-26-28-37(29-27-34)47(40-19-10-9-17-38(40)35-14-5-2-6-15-35)41-20-11-21-42-43(41)44-45(48-42)39-18-8-7-16-36(39)30-46-44/h1-30H. The summed E-state index contributed by atoms with van der Waals surface area (Å²) in [7, 11) is 0. The molecule has 48 heavy (non-hydrogen) atoms. The molecule has 0 spiro atoms. The predicted octanol–water partition coefficient (Wildman–Crippen LogP) is 12.6. The first-order valence-corrected chi connectivity index (χ1v) is 16.2. The summed E-state index contributed by atoms with van der Waals surface area (Å²) < 4.78 is 6.57. The van der Waals surface area contributed by atoms with Gasteiger partial charge in [0.25, 0.3) is 0 Å². The van der Waals surface area contributed by atoms with Crippen LogP contribution >= 0.6 is 0 Å². The van der Waals surface area contributed by atoms with Gasteiger partial charge in [-0.15, -0.1) is 0 Å². The van der Waals surface area contributed by atoms with Gasteiger partial charge < -0.3 is 9.32 Å². The zero-order chi connectivity index (χ0) is 31.9. The Morgan fingerprint density at radius 2 is 1.00 bits per heavy atom. The molecule has 226 valence electrons. The molecule has 2 heterocycles. The van der Waals surface area contributed by atoms with Crippen molar-refractivity contribution in [3.63, 3.8) is 0 Å². The first-order chi connectivity index (χ1) is 23.8. The number of aromatic nitrogens is 1. The molecule has 9 rings (SSSR count). The van der Waals surface area contributed by atoms with Crippen molar-refractivity contribution in [1.82, 2.24) is 4.98 Å². The van der Waals surface area contributed by atoms with E-state index >= 15 is 0 Å². The Bertz CT molecular complexity index is 2540. The van der Waals surface area contributed by atoms with Gasteiger partial charge in [0, 0.05) is 28.2 Å². The number of hydrogen-bond donors (Lipinski definition) is 0. The summed E-state index contributed by atoms with van der Waals surface area (Å²) in [6.07, 6.45) is 1.95. The van der Waals surface area contributed by atoms with E-state index in [0.29, 0.717) is 0 Å². The molecule has 0 bridgehead atoms. The van der Waals surface area contributed by atoms with Gasteiger partial charge in [0.15, 0.2) is 5.58 Å². The number of furan rings is 1. The molecule has 0 radical (unpaired) electrons. The van der Waals surface area contributed by atoms with Gasteiger partial charge >= 0.3 is 0 Å². The molecule has 0 amide bonds. The minimum absolute atomic E-state index is 0.807. The van der Waals surface area contributed by atoms with Gasteiger partial charge in [-0.05, 0) is 58.1 Å². The number of rotatable bonds is 6. The molecule has 3 heteroatoms. The van der Waals surface area contributed by atoms with E-state index in [1.807, 2.05) is 18.3 Å². The van der Waals surface area contributed by atoms with Crippen molar-refractivity contribution >= 4 is 49.9 Å². The van der Waals surface area contributed by atoms with Gasteiger partial charge in [0.1, 0.15) is 11.1 Å². The molecule has 2 aromatic heterocycles. The maximum absolute atomic E-state index is 6.57. The third kappa shape index (κ3) is 4.81. The van der Waals surface area contributed by atoms with Crippen LogP contribution in [0.15, 0.2) is 187 Å². The molecule has 0 unspecified atom stereocenters. The highest BCUT2D eigenvalue weighted by Crippen LogP contribution is 2.46. The zero-order valence-electron chi connectivity index (χ0n) is 26.1. The summed E-state index contributed by atoms with van der Waals surface area (Å²) in [4.78, 5) is 7.32. The Morgan fingerprint density at radius 1 is 0.438 bits per heavy atom. The lowest BCUT2D eigenvalue weighted by molar-refractivity contribution is 0.672. The monoisotopic (exact) mass is 614 g/mol. The zero-order valence-corrected chi connectivity index (χ0v) is 26.1. The molecule has 0 aliphatic carbocycles. The maximum Gasteiger partial charge on any atom is 0.161 e. The molecule has 0 atom stereocenters. The van der Waals surface area contributed by atoms with Gasteiger partial charge in [-0.1, -0.05) is 146 Å². The van der Waals surface area contributed by atoms with Crippen LogP contribution in [0.4, 0.5) is 17.1 Å². The lowest BCUT2D eigenvalue weighted by atomic mass is 9.99. The third-order valence-corrected chi connectivity index (χ3v) is 9.13. The number of para-hydroxylation sites is 1. The Hall–Kier alpha value is -6.45. The second-order valence-corrected chi connectivity index (χ2v) is 12.0. The van der Waals surface area contributed by atoms with Gasteiger partial charge in [-0.2, -0.15) is 0 Å². The van der Waals surface area contributed by atoms with Gasteiger partial charge in [-0.25, -0.2) is 0 Å². The lowest BCUT2D eigenvalue weighted by Crippen LogP contribution is -2.11. The number of pyridine rings is 1. The van der Waals surface area contributed by atoms with E-state index in [4.69, 9.17) is 9.40 Å². The van der Waals surface area contributed by atoms with E-state index in [-0.39, 0.29) is 0 Å². The highest BCUT2D eigenvalue weighted by molar-refractivity contribution is 6.17. The van der Waals surface area contributed by atoms with Gasteiger partial charge in [0.2, 0.25) is 0 Å². The predicted molar refractivity (Wildman–Crippen MR) is 200 cm³/mol. The molecule has 3 nitrogen and oxygen atoms in total. The number of benzene rings is 7. The van der Waals surface area contributed by atoms with Crippen molar-refractivity contribution in [3.05, 3.63) is 182 Å². The SMILES string of the molecule is c1ccc(-c2ccc(-c3ccc(N(c4ccccc4-c4ccccc4)c4cccc5oc6c7ccccc7cnc6c45)cc3)cc2)cc1. The van der Waals surface area contributed by atoms with Crippen molar-refractivity contribution in [2.45, 2.75) is 0 Å². The highest BCUT2D eigenvalue weighted by Gasteiger charge is 2.23. The van der Waals surface area contributed by atoms with Crippen molar-refractivity contribution < 1.29 is 4.42 Å². The molecule has 7 aromatic carbocycles. The van der Waals surface area contributed by atoms with Gasteiger partial charge in [-0.3, -0.25) is 4.98 Å². The van der Waals surface area contributed by atoms with Crippen molar-refractivity contribution in [3.8, 4) is 33.4 Å². The number of nitrogens with zero attached hydrogens (tertiary/aromatic N) is 2. The van der Waals surface area contributed by atoms with Crippen LogP contribution in [0.5, 0.6) is 0 Å². The second kappa shape index (κ2) is 11.7. The Kier molecular flexibility index (Phi) is 6.80. The van der Waals surface area contributed by atoms with Crippen LogP contribution in [0.2, 0.25) is 0 Å². The van der Waals surface area contributed by atoms with Crippen LogP contribution in [0, 0.1) is 0 Å². The van der Waals surface area contributed by atoms with E-state index in [9.17, 15) is 0 Å². The molecule has 0 aliphatic rings. The van der Waals surface area contributed by atoms with E-state index in [1.54, 1.807) is 0 Å². The van der Waals surface area contributed by atoms with E-state index in [1.165, 1.54) is 16.7 Å². The lowest BCUT2D eigenvalue weighted by Gasteiger charge is -2.28. The van der Waals surface area contributed by atoms with Crippen LogP contribution in [0.3, 0.4) is 0 Å².